The number of benzene rings is 1. The van der Waals surface area contributed by atoms with Gasteiger partial charge in [-0.2, -0.15) is 4.98 Å². The van der Waals surface area contributed by atoms with Gasteiger partial charge in [0.25, 0.3) is 11.9 Å². The number of carbonyl (C=O) groups excluding carboxylic acids is 3. The number of ether oxygens (including phenoxy) is 1. The van der Waals surface area contributed by atoms with Crippen molar-refractivity contribution in [1.29, 1.82) is 0 Å². The molecule has 1 aliphatic heterocycles. The molecule has 3 amide bonds. The molecule has 3 rings (SSSR count). The molecule has 1 aromatic carbocycles. The standard InChI is InChI=1S/C20H26N4O5/c1-13(2)11-21-19(27)23-17(25)12-28-18(26)14-7-9-24(10-8-14)20-22-15-5-3-4-6-16(15)29-20/h3-6,13-14H,7-12H2,1-2H3,(H2,21,23,25,27). The highest BCUT2D eigenvalue weighted by atomic mass is 16.5. The van der Waals surface area contributed by atoms with Gasteiger partial charge < -0.3 is 19.4 Å². The fourth-order valence-corrected chi connectivity index (χ4v) is 3.06. The zero-order valence-electron chi connectivity index (χ0n) is 16.6. The van der Waals surface area contributed by atoms with Gasteiger partial charge in [-0.3, -0.25) is 14.9 Å². The van der Waals surface area contributed by atoms with Crippen LogP contribution in [0.5, 0.6) is 0 Å². The lowest BCUT2D eigenvalue weighted by molar-refractivity contribution is -0.153. The molecule has 0 atom stereocenters. The van der Waals surface area contributed by atoms with Crippen LogP contribution in [-0.4, -0.2) is 49.1 Å². The molecule has 9 nitrogen and oxygen atoms in total. The van der Waals surface area contributed by atoms with Crippen molar-refractivity contribution >= 4 is 35.0 Å². The van der Waals surface area contributed by atoms with E-state index in [9.17, 15) is 14.4 Å². The molecule has 156 valence electrons. The number of piperidine rings is 1. The molecule has 0 saturated carbocycles. The maximum atomic E-state index is 12.2. The van der Waals surface area contributed by atoms with Gasteiger partial charge in [0.2, 0.25) is 0 Å². The summed E-state index contributed by atoms with van der Waals surface area (Å²) in [5.41, 5.74) is 1.53. The van der Waals surface area contributed by atoms with Crippen LogP contribution in [0.4, 0.5) is 10.8 Å². The number of amides is 3. The summed E-state index contributed by atoms with van der Waals surface area (Å²) >= 11 is 0. The second kappa shape index (κ2) is 9.40. The molecule has 2 N–H and O–H groups in total. The first-order valence-corrected chi connectivity index (χ1v) is 9.77. The summed E-state index contributed by atoms with van der Waals surface area (Å²) in [5.74, 6) is -1.10. The molecule has 0 unspecified atom stereocenters. The molecule has 9 heteroatoms. The Morgan fingerprint density at radius 3 is 2.66 bits per heavy atom. The average molecular weight is 402 g/mol. The molecule has 1 aromatic heterocycles. The maximum absolute atomic E-state index is 12.2. The molecule has 2 aromatic rings. The van der Waals surface area contributed by atoms with E-state index in [0.717, 1.165) is 11.1 Å². The Bertz CT molecular complexity index is 838. The predicted octanol–water partition coefficient (Wildman–Crippen LogP) is 2.07. The van der Waals surface area contributed by atoms with Crippen LogP contribution in [0.2, 0.25) is 0 Å². The van der Waals surface area contributed by atoms with Crippen molar-refractivity contribution < 1.29 is 23.5 Å². The third-order valence-electron chi connectivity index (χ3n) is 4.65. The Kier molecular flexibility index (Phi) is 6.69. The Labute approximate surface area is 168 Å². The van der Waals surface area contributed by atoms with Gasteiger partial charge in [-0.1, -0.05) is 26.0 Å². The SMILES string of the molecule is CC(C)CNC(=O)NC(=O)COC(=O)C1CCN(c2nc3ccccc3o2)CC1. The van der Waals surface area contributed by atoms with Crippen molar-refractivity contribution in [1.82, 2.24) is 15.6 Å². The second-order valence-corrected chi connectivity index (χ2v) is 7.49. The lowest BCUT2D eigenvalue weighted by Crippen LogP contribution is -2.43. The van der Waals surface area contributed by atoms with E-state index < -0.39 is 24.5 Å². The summed E-state index contributed by atoms with van der Waals surface area (Å²) < 4.78 is 10.8. The highest BCUT2D eigenvalue weighted by Gasteiger charge is 2.28. The average Bonchev–Trinajstić information content (AvgIpc) is 3.15. The number of anilines is 1. The van der Waals surface area contributed by atoms with Crippen molar-refractivity contribution in [3.63, 3.8) is 0 Å². The Hall–Kier alpha value is -3.10. The fourth-order valence-electron chi connectivity index (χ4n) is 3.06. The third kappa shape index (κ3) is 5.69. The summed E-state index contributed by atoms with van der Waals surface area (Å²) in [6.45, 7) is 5.09. The van der Waals surface area contributed by atoms with E-state index in [1.54, 1.807) is 0 Å². The molecule has 29 heavy (non-hydrogen) atoms. The second-order valence-electron chi connectivity index (χ2n) is 7.49. The molecule has 0 radical (unpaired) electrons. The normalized spacial score (nSPS) is 14.8. The zero-order chi connectivity index (χ0) is 20.8. The lowest BCUT2D eigenvalue weighted by Gasteiger charge is -2.29. The summed E-state index contributed by atoms with van der Waals surface area (Å²) in [6.07, 6.45) is 1.15. The number of fused-ring (bicyclic) bond motifs is 1. The molecule has 0 spiro atoms. The maximum Gasteiger partial charge on any atom is 0.321 e. The minimum atomic E-state index is -0.650. The Morgan fingerprint density at radius 1 is 1.24 bits per heavy atom. The number of hydrogen-bond donors (Lipinski definition) is 2. The molecule has 1 fully saturated rings. The summed E-state index contributed by atoms with van der Waals surface area (Å²) in [4.78, 5) is 42.0. The number of rotatable bonds is 6. The molecular formula is C20H26N4O5. The number of hydrogen-bond acceptors (Lipinski definition) is 7. The monoisotopic (exact) mass is 402 g/mol. The first-order chi connectivity index (χ1) is 13.9. The van der Waals surface area contributed by atoms with Crippen LogP contribution in [-0.2, 0) is 14.3 Å². The lowest BCUT2D eigenvalue weighted by atomic mass is 9.97. The number of oxazole rings is 1. The molecule has 0 aliphatic carbocycles. The van der Waals surface area contributed by atoms with Crippen LogP contribution >= 0.6 is 0 Å². The summed E-state index contributed by atoms with van der Waals surface area (Å²) in [5, 5.41) is 4.70. The first-order valence-electron chi connectivity index (χ1n) is 9.77. The van der Waals surface area contributed by atoms with Gasteiger partial charge >= 0.3 is 12.0 Å². The highest BCUT2D eigenvalue weighted by molar-refractivity contribution is 5.95. The molecule has 0 bridgehead atoms. The van der Waals surface area contributed by atoms with Crippen LogP contribution in [0, 0.1) is 11.8 Å². The van der Waals surface area contributed by atoms with E-state index in [2.05, 4.69) is 15.6 Å². The molecule has 2 heterocycles. The summed E-state index contributed by atoms with van der Waals surface area (Å²) in [7, 11) is 0. The number of nitrogens with zero attached hydrogens (tertiary/aromatic N) is 2. The number of urea groups is 1. The fraction of sp³-hybridized carbons (Fsp3) is 0.500. The van der Waals surface area contributed by atoms with Crippen LogP contribution in [0.15, 0.2) is 28.7 Å². The van der Waals surface area contributed by atoms with Crippen LogP contribution in [0.1, 0.15) is 26.7 Å². The van der Waals surface area contributed by atoms with Crippen molar-refractivity contribution in [3.8, 4) is 0 Å². The smallest absolute Gasteiger partial charge is 0.321 e. The number of imide groups is 1. The number of esters is 1. The number of aromatic nitrogens is 1. The number of carbonyl (C=O) groups is 3. The molecular weight excluding hydrogens is 376 g/mol. The van der Waals surface area contributed by atoms with Crippen molar-refractivity contribution in [2.24, 2.45) is 11.8 Å². The predicted molar refractivity (Wildman–Crippen MR) is 106 cm³/mol. The van der Waals surface area contributed by atoms with Crippen LogP contribution in [0.25, 0.3) is 11.1 Å². The topological polar surface area (TPSA) is 114 Å². The quantitative estimate of drug-likeness (QED) is 0.711. The van der Waals surface area contributed by atoms with Gasteiger partial charge in [-0.15, -0.1) is 0 Å². The van der Waals surface area contributed by atoms with E-state index in [1.165, 1.54) is 0 Å². The van der Waals surface area contributed by atoms with Gasteiger partial charge in [-0.25, -0.2) is 4.79 Å². The van der Waals surface area contributed by atoms with Gasteiger partial charge in [0, 0.05) is 19.6 Å². The number of para-hydroxylation sites is 2. The van der Waals surface area contributed by atoms with E-state index in [-0.39, 0.29) is 11.8 Å². The van der Waals surface area contributed by atoms with Gasteiger partial charge in [-0.05, 0) is 30.9 Å². The van der Waals surface area contributed by atoms with Crippen molar-refractivity contribution in [3.05, 3.63) is 24.3 Å². The highest BCUT2D eigenvalue weighted by Crippen LogP contribution is 2.26. The van der Waals surface area contributed by atoms with Crippen molar-refractivity contribution in [2.75, 3.05) is 31.1 Å². The van der Waals surface area contributed by atoms with Crippen LogP contribution < -0.4 is 15.5 Å². The van der Waals surface area contributed by atoms with Gasteiger partial charge in [0.1, 0.15) is 5.52 Å². The Balaban J connectivity index is 1.40. The third-order valence-corrected chi connectivity index (χ3v) is 4.65. The van der Waals surface area contributed by atoms with E-state index in [1.807, 2.05) is 43.0 Å². The largest absolute Gasteiger partial charge is 0.455 e. The van der Waals surface area contributed by atoms with Gasteiger partial charge in [0.15, 0.2) is 12.2 Å². The van der Waals surface area contributed by atoms with Crippen molar-refractivity contribution in [2.45, 2.75) is 26.7 Å². The van der Waals surface area contributed by atoms with E-state index in [0.29, 0.717) is 38.5 Å². The molecule has 1 saturated heterocycles. The Morgan fingerprint density at radius 2 is 1.97 bits per heavy atom. The number of nitrogens with one attached hydrogen (secondary N) is 2. The minimum absolute atomic E-state index is 0.273. The minimum Gasteiger partial charge on any atom is -0.455 e. The first kappa shape index (κ1) is 20.6. The summed E-state index contributed by atoms with van der Waals surface area (Å²) in [6, 6.07) is 7.51. The zero-order valence-corrected chi connectivity index (χ0v) is 16.6. The van der Waals surface area contributed by atoms with E-state index >= 15 is 0 Å². The molecule has 1 aliphatic rings. The van der Waals surface area contributed by atoms with Gasteiger partial charge in [0.05, 0.1) is 5.92 Å². The van der Waals surface area contributed by atoms with Crippen LogP contribution in [0.3, 0.4) is 0 Å². The van der Waals surface area contributed by atoms with E-state index in [4.69, 9.17) is 9.15 Å².